The molecule has 3 N–H and O–H groups in total. The second-order valence-corrected chi connectivity index (χ2v) is 9.38. The largest absolute Gasteiger partial charge is 0.444 e. The van der Waals surface area contributed by atoms with Gasteiger partial charge in [-0.25, -0.2) is 4.79 Å². The number of anilines is 1. The highest BCUT2D eigenvalue weighted by atomic mass is 16.6. The lowest BCUT2D eigenvalue weighted by Crippen LogP contribution is -2.40. The van der Waals surface area contributed by atoms with Crippen molar-refractivity contribution in [3.8, 4) is 0 Å². The molecule has 13 heteroatoms. The second-order valence-electron chi connectivity index (χ2n) is 9.38. The summed E-state index contributed by atoms with van der Waals surface area (Å²) < 4.78 is 5.10. The van der Waals surface area contributed by atoms with Crippen LogP contribution in [0.15, 0.2) is 42.5 Å². The zero-order chi connectivity index (χ0) is 28.0. The van der Waals surface area contributed by atoms with Crippen LogP contribution in [0, 0.1) is 10.1 Å². The van der Waals surface area contributed by atoms with E-state index in [1.807, 2.05) is 0 Å². The number of nitrogens with one attached hydrogen (secondary N) is 3. The molecule has 0 radical (unpaired) electrons. The monoisotopic (exact) mass is 525 g/mol. The van der Waals surface area contributed by atoms with Gasteiger partial charge >= 0.3 is 6.09 Å². The number of carbonyl (C=O) groups excluding carboxylic acids is 5. The Balaban J connectivity index is 1.44. The second kappa shape index (κ2) is 11.5. The Morgan fingerprint density at radius 1 is 0.947 bits per heavy atom. The maximum atomic E-state index is 12.5. The molecule has 13 nitrogen and oxygen atoms in total. The number of alkyl carbamates (subject to hydrolysis) is 1. The highest BCUT2D eigenvalue weighted by Gasteiger charge is 2.37. The zero-order valence-electron chi connectivity index (χ0n) is 21.0. The van der Waals surface area contributed by atoms with E-state index in [-0.39, 0.29) is 42.2 Å². The van der Waals surface area contributed by atoms with Crippen LogP contribution in [0.3, 0.4) is 0 Å². The van der Waals surface area contributed by atoms with Crippen LogP contribution in [0.5, 0.6) is 0 Å². The summed E-state index contributed by atoms with van der Waals surface area (Å²) >= 11 is 0. The van der Waals surface area contributed by atoms with Crippen molar-refractivity contribution in [1.82, 2.24) is 15.5 Å². The molecule has 0 bridgehead atoms. The predicted octanol–water partition coefficient (Wildman–Crippen LogP) is 2.36. The summed E-state index contributed by atoms with van der Waals surface area (Å²) in [4.78, 5) is 72.0. The van der Waals surface area contributed by atoms with Gasteiger partial charge in [-0.15, -0.1) is 0 Å². The topological polar surface area (TPSA) is 177 Å². The van der Waals surface area contributed by atoms with Crippen molar-refractivity contribution in [2.45, 2.75) is 39.3 Å². The van der Waals surface area contributed by atoms with E-state index in [0.29, 0.717) is 11.3 Å². The first-order chi connectivity index (χ1) is 17.8. The average Bonchev–Trinajstić information content (AvgIpc) is 3.06. The molecule has 0 spiro atoms. The molecule has 0 unspecified atom stereocenters. The lowest BCUT2D eigenvalue weighted by Gasteiger charge is -2.19. The number of benzene rings is 2. The fourth-order valence-corrected chi connectivity index (χ4v) is 3.46. The molecule has 200 valence electrons. The van der Waals surface area contributed by atoms with Crippen LogP contribution in [-0.2, 0) is 20.9 Å². The number of carbonyl (C=O) groups is 5. The maximum Gasteiger partial charge on any atom is 0.407 e. The van der Waals surface area contributed by atoms with Crippen LogP contribution in [0.4, 0.5) is 16.2 Å². The first-order valence-corrected chi connectivity index (χ1v) is 11.6. The predicted molar refractivity (Wildman–Crippen MR) is 134 cm³/mol. The van der Waals surface area contributed by atoms with Crippen LogP contribution in [0.1, 0.15) is 53.5 Å². The molecule has 38 heavy (non-hydrogen) atoms. The fourth-order valence-electron chi connectivity index (χ4n) is 3.46. The number of hydrogen-bond donors (Lipinski definition) is 3. The minimum Gasteiger partial charge on any atom is -0.444 e. The number of ether oxygens (including phenoxy) is 1. The van der Waals surface area contributed by atoms with Crippen molar-refractivity contribution >= 4 is 41.1 Å². The van der Waals surface area contributed by atoms with E-state index in [4.69, 9.17) is 4.74 Å². The molecule has 1 aliphatic rings. The summed E-state index contributed by atoms with van der Waals surface area (Å²) in [5.41, 5.74) is 0.145. The Morgan fingerprint density at radius 3 is 2.24 bits per heavy atom. The highest BCUT2D eigenvalue weighted by Crippen LogP contribution is 2.26. The standard InChI is InChI=1S/C25H27N5O8/c1-25(2,3)38-24(35)26-11-10-20(31)28-16-6-4-15(5-7-16)13-27-21(32)14-29-22(33)18-9-8-17(30(36)37)12-19(18)23(29)34/h4-9,12H,10-11,13-14H2,1-3H3,(H,26,35)(H,27,32)(H,28,31). The number of nitrogens with zero attached hydrogens (tertiary/aromatic N) is 2. The lowest BCUT2D eigenvalue weighted by atomic mass is 10.1. The van der Waals surface area contributed by atoms with Gasteiger partial charge in [0.25, 0.3) is 17.5 Å². The van der Waals surface area contributed by atoms with Gasteiger partial charge in [-0.2, -0.15) is 0 Å². The van der Waals surface area contributed by atoms with Gasteiger partial charge < -0.3 is 20.7 Å². The molecular formula is C25H27N5O8. The van der Waals surface area contributed by atoms with Crippen molar-refractivity contribution in [3.63, 3.8) is 0 Å². The van der Waals surface area contributed by atoms with Gasteiger partial charge in [0.2, 0.25) is 11.8 Å². The Labute approximate surface area is 217 Å². The molecule has 0 fully saturated rings. The summed E-state index contributed by atoms with van der Waals surface area (Å²) in [7, 11) is 0. The van der Waals surface area contributed by atoms with Gasteiger partial charge in [0.1, 0.15) is 12.1 Å². The van der Waals surface area contributed by atoms with E-state index >= 15 is 0 Å². The molecule has 1 heterocycles. The van der Waals surface area contributed by atoms with E-state index in [0.717, 1.165) is 17.0 Å². The number of amides is 5. The number of nitro benzene ring substituents is 1. The van der Waals surface area contributed by atoms with Gasteiger partial charge in [-0.05, 0) is 44.5 Å². The zero-order valence-corrected chi connectivity index (χ0v) is 21.0. The maximum absolute atomic E-state index is 12.5. The quantitative estimate of drug-likeness (QED) is 0.254. The van der Waals surface area contributed by atoms with Gasteiger partial charge in [-0.3, -0.25) is 34.2 Å². The van der Waals surface area contributed by atoms with Crippen LogP contribution in [0.25, 0.3) is 0 Å². The highest BCUT2D eigenvalue weighted by molar-refractivity contribution is 6.22. The molecular weight excluding hydrogens is 498 g/mol. The fraction of sp³-hybridized carbons (Fsp3) is 0.320. The number of rotatable bonds is 9. The average molecular weight is 526 g/mol. The molecule has 5 amide bonds. The SMILES string of the molecule is CC(C)(C)OC(=O)NCCC(=O)Nc1ccc(CNC(=O)CN2C(=O)c3ccc([N+](=O)[O-])cc3C2=O)cc1. The van der Waals surface area contributed by atoms with Gasteiger partial charge in [-0.1, -0.05) is 12.1 Å². The summed E-state index contributed by atoms with van der Waals surface area (Å²) in [5.74, 6) is -2.38. The number of non-ortho nitro benzene ring substituents is 1. The molecule has 2 aromatic rings. The third kappa shape index (κ3) is 7.35. The Kier molecular flexibility index (Phi) is 8.40. The minimum atomic E-state index is -0.773. The molecule has 3 rings (SSSR count). The third-order valence-electron chi connectivity index (χ3n) is 5.21. The van der Waals surface area contributed by atoms with Crippen molar-refractivity contribution in [2.75, 3.05) is 18.4 Å². The Bertz CT molecular complexity index is 1280. The number of fused-ring (bicyclic) bond motifs is 1. The number of imide groups is 1. The molecule has 0 aliphatic carbocycles. The molecule has 0 atom stereocenters. The van der Waals surface area contributed by atoms with Crippen molar-refractivity contribution in [3.05, 3.63) is 69.3 Å². The molecule has 1 aliphatic heterocycles. The van der Waals surface area contributed by atoms with Crippen molar-refractivity contribution in [1.29, 1.82) is 0 Å². The van der Waals surface area contributed by atoms with Crippen molar-refractivity contribution in [2.24, 2.45) is 0 Å². The number of hydrogen-bond acceptors (Lipinski definition) is 8. The van der Waals surface area contributed by atoms with E-state index in [9.17, 15) is 34.1 Å². The molecule has 0 saturated heterocycles. The summed E-state index contributed by atoms with van der Waals surface area (Å²) in [6.07, 6.45) is -0.564. The third-order valence-corrected chi connectivity index (χ3v) is 5.21. The summed E-state index contributed by atoms with van der Waals surface area (Å²) in [6, 6.07) is 9.97. The van der Waals surface area contributed by atoms with Gasteiger partial charge in [0.15, 0.2) is 0 Å². The van der Waals surface area contributed by atoms with Crippen LogP contribution in [-0.4, -0.2) is 58.2 Å². The Hall–Kier alpha value is -4.81. The van der Waals surface area contributed by atoms with Gasteiger partial charge in [0.05, 0.1) is 16.1 Å². The minimum absolute atomic E-state index is 0.00616. The normalized spacial score (nSPS) is 12.6. The smallest absolute Gasteiger partial charge is 0.407 e. The van der Waals surface area contributed by atoms with E-state index in [1.165, 1.54) is 6.07 Å². The van der Waals surface area contributed by atoms with E-state index < -0.39 is 40.9 Å². The molecule has 0 aromatic heterocycles. The Morgan fingerprint density at radius 2 is 1.61 bits per heavy atom. The first kappa shape index (κ1) is 27.8. The van der Waals surface area contributed by atoms with Gasteiger partial charge in [0, 0.05) is 37.3 Å². The summed E-state index contributed by atoms with van der Waals surface area (Å²) in [5, 5.41) is 18.7. The number of nitro groups is 1. The van der Waals surface area contributed by atoms with Crippen LogP contribution >= 0.6 is 0 Å². The molecule has 2 aromatic carbocycles. The molecule has 0 saturated carbocycles. The lowest BCUT2D eigenvalue weighted by molar-refractivity contribution is -0.384. The van der Waals surface area contributed by atoms with E-state index in [1.54, 1.807) is 45.0 Å². The first-order valence-electron chi connectivity index (χ1n) is 11.6. The summed E-state index contributed by atoms with van der Waals surface area (Å²) in [6.45, 7) is 4.88. The van der Waals surface area contributed by atoms with E-state index in [2.05, 4.69) is 16.0 Å². The van der Waals surface area contributed by atoms with Crippen LogP contribution in [0.2, 0.25) is 0 Å². The van der Waals surface area contributed by atoms with Crippen LogP contribution < -0.4 is 16.0 Å². The van der Waals surface area contributed by atoms with Crippen molar-refractivity contribution < 1.29 is 33.6 Å².